The monoisotopic (exact) mass is 431 g/mol. The van der Waals surface area contributed by atoms with Crippen LogP contribution in [0.25, 0.3) is 0 Å². The number of nitrogens with zero attached hydrogens (tertiary/aromatic N) is 3. The van der Waals surface area contributed by atoms with Crippen molar-refractivity contribution < 1.29 is 23.6 Å². The number of ether oxygens (including phenoxy) is 1. The number of carbonyl (C=O) groups is 2. The Labute approximate surface area is 158 Å². The fourth-order valence-electron chi connectivity index (χ4n) is 2.45. The third-order valence-corrected chi connectivity index (χ3v) is 4.12. The molecule has 10 heteroatoms. The summed E-state index contributed by atoms with van der Waals surface area (Å²) >= 11 is 3.05. The van der Waals surface area contributed by atoms with Gasteiger partial charge in [0.1, 0.15) is 5.60 Å². The molecule has 0 radical (unpaired) electrons. The number of piperazine rings is 1. The van der Waals surface area contributed by atoms with E-state index in [4.69, 9.17) is 4.74 Å². The summed E-state index contributed by atoms with van der Waals surface area (Å²) < 4.78 is 19.8. The minimum Gasteiger partial charge on any atom is -0.444 e. The number of rotatable bonds is 2. The average molecular weight is 432 g/mol. The van der Waals surface area contributed by atoms with E-state index in [1.807, 2.05) is 0 Å². The maximum atomic E-state index is 14.3. The van der Waals surface area contributed by atoms with E-state index >= 15 is 0 Å². The molecule has 0 atom stereocenters. The van der Waals surface area contributed by atoms with Crippen LogP contribution in [0.15, 0.2) is 16.6 Å². The van der Waals surface area contributed by atoms with Crippen LogP contribution in [0.3, 0.4) is 0 Å². The number of benzene rings is 1. The van der Waals surface area contributed by atoms with E-state index in [0.29, 0.717) is 0 Å². The van der Waals surface area contributed by atoms with Gasteiger partial charge in [0.2, 0.25) is 5.82 Å². The van der Waals surface area contributed by atoms with E-state index in [-0.39, 0.29) is 36.2 Å². The molecule has 1 fully saturated rings. The Kier molecular flexibility index (Phi) is 5.84. The smallest absolute Gasteiger partial charge is 0.410 e. The fraction of sp³-hybridized carbons (Fsp3) is 0.500. The van der Waals surface area contributed by atoms with Crippen LogP contribution in [0.5, 0.6) is 0 Å². The number of hydrogen-bond donors (Lipinski definition) is 0. The van der Waals surface area contributed by atoms with Gasteiger partial charge in [-0.3, -0.25) is 14.9 Å². The first-order valence-corrected chi connectivity index (χ1v) is 8.69. The second kappa shape index (κ2) is 7.56. The summed E-state index contributed by atoms with van der Waals surface area (Å²) in [7, 11) is 0. The summed E-state index contributed by atoms with van der Waals surface area (Å²) in [6.07, 6.45) is -0.478. The molecule has 0 unspecified atom stereocenters. The second-order valence-corrected chi connectivity index (χ2v) is 7.72. The normalized spacial score (nSPS) is 15.0. The highest BCUT2D eigenvalue weighted by Crippen LogP contribution is 2.27. The van der Waals surface area contributed by atoms with E-state index < -0.39 is 34.0 Å². The topological polar surface area (TPSA) is 93.0 Å². The van der Waals surface area contributed by atoms with Crippen LogP contribution in [-0.4, -0.2) is 58.5 Å². The molecule has 0 bridgehead atoms. The molecule has 1 aliphatic rings. The Hall–Kier alpha value is -2.23. The Morgan fingerprint density at radius 3 is 2.23 bits per heavy atom. The summed E-state index contributed by atoms with van der Waals surface area (Å²) in [5.74, 6) is -1.83. The van der Waals surface area contributed by atoms with Gasteiger partial charge < -0.3 is 14.5 Å². The zero-order valence-electron chi connectivity index (χ0n) is 14.6. The van der Waals surface area contributed by atoms with Crippen LogP contribution in [0.1, 0.15) is 31.1 Å². The molecular weight excluding hydrogens is 413 g/mol. The summed E-state index contributed by atoms with van der Waals surface area (Å²) in [4.78, 5) is 37.5. The average Bonchev–Trinajstić information content (AvgIpc) is 2.54. The van der Waals surface area contributed by atoms with Crippen molar-refractivity contribution in [2.24, 2.45) is 0 Å². The standard InChI is InChI=1S/C16H19BrFN3O5/c1-16(2,3)26-15(23)20-6-4-19(5-7-20)14(22)11-8-10(17)9-12(13(11)18)21(24)25/h8-9H,4-7H2,1-3H3. The molecular formula is C16H19BrFN3O5. The Bertz CT molecular complexity index is 742. The zero-order valence-corrected chi connectivity index (χ0v) is 16.2. The van der Waals surface area contributed by atoms with Crippen molar-refractivity contribution >= 4 is 33.6 Å². The quantitative estimate of drug-likeness (QED) is 0.529. The van der Waals surface area contributed by atoms with Gasteiger partial charge in [0.05, 0.1) is 10.5 Å². The number of carbonyl (C=O) groups excluding carboxylic acids is 2. The SMILES string of the molecule is CC(C)(C)OC(=O)N1CCN(C(=O)c2cc(Br)cc([N+](=O)[O-])c2F)CC1. The van der Waals surface area contributed by atoms with Gasteiger partial charge in [0.15, 0.2) is 0 Å². The molecule has 1 heterocycles. The lowest BCUT2D eigenvalue weighted by molar-refractivity contribution is -0.387. The number of amides is 2. The summed E-state index contributed by atoms with van der Waals surface area (Å²) in [5.41, 5.74) is -1.77. The molecule has 8 nitrogen and oxygen atoms in total. The van der Waals surface area contributed by atoms with Crippen LogP contribution in [0.4, 0.5) is 14.9 Å². The van der Waals surface area contributed by atoms with Crippen LogP contribution >= 0.6 is 15.9 Å². The minimum absolute atomic E-state index is 0.178. The Morgan fingerprint density at radius 2 is 1.73 bits per heavy atom. The summed E-state index contributed by atoms with van der Waals surface area (Å²) in [5, 5.41) is 10.9. The van der Waals surface area contributed by atoms with Gasteiger partial charge in [-0.25, -0.2) is 4.79 Å². The molecule has 2 amide bonds. The highest BCUT2D eigenvalue weighted by Gasteiger charge is 2.31. The van der Waals surface area contributed by atoms with E-state index in [1.165, 1.54) is 15.9 Å². The number of hydrogen-bond acceptors (Lipinski definition) is 5. The van der Waals surface area contributed by atoms with Crippen molar-refractivity contribution in [3.8, 4) is 0 Å². The van der Waals surface area contributed by atoms with Crippen molar-refractivity contribution in [3.63, 3.8) is 0 Å². The lowest BCUT2D eigenvalue weighted by Gasteiger charge is -2.35. The molecule has 0 N–H and O–H groups in total. The highest BCUT2D eigenvalue weighted by atomic mass is 79.9. The zero-order chi connectivity index (χ0) is 19.6. The maximum absolute atomic E-state index is 14.3. The van der Waals surface area contributed by atoms with Gasteiger partial charge in [-0.2, -0.15) is 4.39 Å². The lowest BCUT2D eigenvalue weighted by Crippen LogP contribution is -2.51. The summed E-state index contributed by atoms with van der Waals surface area (Å²) in [6.45, 7) is 6.10. The predicted molar refractivity (Wildman–Crippen MR) is 94.5 cm³/mol. The molecule has 1 saturated heterocycles. The van der Waals surface area contributed by atoms with Gasteiger partial charge in [-0.15, -0.1) is 0 Å². The van der Waals surface area contributed by atoms with Gasteiger partial charge in [-0.1, -0.05) is 15.9 Å². The molecule has 0 aromatic heterocycles. The largest absolute Gasteiger partial charge is 0.444 e. The van der Waals surface area contributed by atoms with Crippen LogP contribution in [0, 0.1) is 15.9 Å². The molecule has 0 saturated carbocycles. The minimum atomic E-state index is -1.17. The van der Waals surface area contributed by atoms with Gasteiger partial charge in [0.25, 0.3) is 5.91 Å². The van der Waals surface area contributed by atoms with Crippen molar-refractivity contribution in [1.82, 2.24) is 9.80 Å². The van der Waals surface area contributed by atoms with Crippen molar-refractivity contribution in [3.05, 3.63) is 38.1 Å². The first-order chi connectivity index (χ1) is 12.0. The third kappa shape index (κ3) is 4.69. The molecule has 142 valence electrons. The molecule has 1 aromatic rings. The van der Waals surface area contributed by atoms with Gasteiger partial charge in [0, 0.05) is 36.7 Å². The molecule has 0 spiro atoms. The van der Waals surface area contributed by atoms with Crippen molar-refractivity contribution in [2.45, 2.75) is 26.4 Å². The van der Waals surface area contributed by atoms with Crippen LogP contribution in [0.2, 0.25) is 0 Å². The van der Waals surface area contributed by atoms with E-state index in [9.17, 15) is 24.1 Å². The van der Waals surface area contributed by atoms with E-state index in [1.54, 1.807) is 20.8 Å². The lowest BCUT2D eigenvalue weighted by atomic mass is 10.1. The fourth-order valence-corrected chi connectivity index (χ4v) is 2.90. The van der Waals surface area contributed by atoms with Gasteiger partial charge >= 0.3 is 11.8 Å². The number of nitro benzene ring substituents is 1. The predicted octanol–water partition coefficient (Wildman–Crippen LogP) is 3.19. The third-order valence-electron chi connectivity index (χ3n) is 3.66. The van der Waals surface area contributed by atoms with Crippen LogP contribution < -0.4 is 0 Å². The van der Waals surface area contributed by atoms with E-state index in [0.717, 1.165) is 6.07 Å². The Morgan fingerprint density at radius 1 is 1.19 bits per heavy atom. The molecule has 2 rings (SSSR count). The molecule has 0 aliphatic carbocycles. The molecule has 1 aromatic carbocycles. The van der Waals surface area contributed by atoms with Crippen LogP contribution in [-0.2, 0) is 4.74 Å². The first-order valence-electron chi connectivity index (χ1n) is 7.90. The van der Waals surface area contributed by atoms with Crippen molar-refractivity contribution in [2.75, 3.05) is 26.2 Å². The molecule has 1 aliphatic heterocycles. The number of nitro groups is 1. The van der Waals surface area contributed by atoms with E-state index in [2.05, 4.69) is 15.9 Å². The second-order valence-electron chi connectivity index (χ2n) is 6.80. The first kappa shape index (κ1) is 20.1. The maximum Gasteiger partial charge on any atom is 0.410 e. The number of halogens is 2. The Balaban J connectivity index is 2.10. The summed E-state index contributed by atoms with van der Waals surface area (Å²) in [6, 6.07) is 2.22. The van der Waals surface area contributed by atoms with Crippen molar-refractivity contribution in [1.29, 1.82) is 0 Å². The van der Waals surface area contributed by atoms with Gasteiger partial charge in [-0.05, 0) is 26.8 Å². The molecule has 26 heavy (non-hydrogen) atoms. The highest BCUT2D eigenvalue weighted by molar-refractivity contribution is 9.10.